The van der Waals surface area contributed by atoms with Crippen molar-refractivity contribution in [2.75, 3.05) is 19.8 Å². The number of ether oxygens (including phenoxy) is 2. The van der Waals surface area contributed by atoms with Gasteiger partial charge in [0.1, 0.15) is 0 Å². The van der Waals surface area contributed by atoms with E-state index >= 15 is 0 Å². The fourth-order valence-electron chi connectivity index (χ4n) is 5.68. The summed E-state index contributed by atoms with van der Waals surface area (Å²) in [6.45, 7) is 3.06. The van der Waals surface area contributed by atoms with Gasteiger partial charge in [0.25, 0.3) is 0 Å². The first kappa shape index (κ1) is 22.2. The number of benzene rings is 2. The van der Waals surface area contributed by atoms with Gasteiger partial charge in [-0.15, -0.1) is 0 Å². The van der Waals surface area contributed by atoms with Gasteiger partial charge in [0, 0.05) is 53.3 Å². The minimum atomic E-state index is -1.29. The van der Waals surface area contributed by atoms with Crippen molar-refractivity contribution >= 4 is 27.8 Å². The second-order valence-corrected chi connectivity index (χ2v) is 9.69. The van der Waals surface area contributed by atoms with E-state index in [0.717, 1.165) is 52.0 Å². The molecule has 2 aromatic carbocycles. The Kier molecular flexibility index (Phi) is 5.16. The maximum absolute atomic E-state index is 14.4. The highest BCUT2D eigenvalue weighted by Gasteiger charge is 2.45. The third kappa shape index (κ3) is 3.52. The van der Waals surface area contributed by atoms with Gasteiger partial charge in [-0.25, -0.2) is 13.6 Å². The zero-order valence-corrected chi connectivity index (χ0v) is 19.2. The van der Waals surface area contributed by atoms with Crippen LogP contribution >= 0.6 is 0 Å². The minimum Gasteiger partial charge on any atom is -0.479 e. The second-order valence-electron chi connectivity index (χ2n) is 9.69. The molecule has 7 nitrogen and oxygen atoms in total. The summed E-state index contributed by atoms with van der Waals surface area (Å²) in [5.74, 6) is -2.89. The number of nitrogens with one attached hydrogen (secondary N) is 1. The average molecular weight is 481 g/mol. The van der Waals surface area contributed by atoms with Gasteiger partial charge >= 0.3 is 5.97 Å². The van der Waals surface area contributed by atoms with E-state index in [0.29, 0.717) is 25.3 Å². The summed E-state index contributed by atoms with van der Waals surface area (Å²) in [4.78, 5) is 11.9. The van der Waals surface area contributed by atoms with Crippen molar-refractivity contribution in [2.24, 2.45) is 0 Å². The van der Waals surface area contributed by atoms with Crippen LogP contribution in [0.1, 0.15) is 49.3 Å². The van der Waals surface area contributed by atoms with E-state index in [1.165, 1.54) is 6.07 Å². The number of aromatic nitrogens is 3. The molecule has 2 saturated heterocycles. The highest BCUT2D eigenvalue weighted by atomic mass is 19.2. The van der Waals surface area contributed by atoms with Gasteiger partial charge in [-0.1, -0.05) is 0 Å². The molecule has 35 heavy (non-hydrogen) atoms. The number of nitrogens with zero attached hydrogens (tertiary/aromatic N) is 2. The summed E-state index contributed by atoms with van der Waals surface area (Å²) in [6.07, 6.45) is 3.59. The third-order valence-electron chi connectivity index (χ3n) is 7.47. The molecule has 2 aliphatic heterocycles. The minimum absolute atomic E-state index is 0.104. The Morgan fingerprint density at radius 2 is 1.97 bits per heavy atom. The van der Waals surface area contributed by atoms with Crippen molar-refractivity contribution < 1.29 is 28.2 Å². The Bertz CT molecular complexity index is 1460. The zero-order chi connectivity index (χ0) is 24.3. The highest BCUT2D eigenvalue weighted by molar-refractivity contribution is 5.99. The summed E-state index contributed by atoms with van der Waals surface area (Å²) in [5, 5.41) is 18.8. The van der Waals surface area contributed by atoms with Crippen molar-refractivity contribution in [1.29, 1.82) is 0 Å². The molecule has 2 atom stereocenters. The van der Waals surface area contributed by atoms with Gasteiger partial charge in [0.15, 0.2) is 17.2 Å². The quantitative estimate of drug-likeness (QED) is 0.427. The molecule has 4 heterocycles. The summed E-state index contributed by atoms with van der Waals surface area (Å²) < 4.78 is 41.8. The van der Waals surface area contributed by atoms with Crippen LogP contribution in [0.5, 0.6) is 0 Å². The molecule has 0 saturated carbocycles. The molecule has 4 aromatic rings. The monoisotopic (exact) mass is 481 g/mol. The van der Waals surface area contributed by atoms with Gasteiger partial charge < -0.3 is 19.1 Å². The first-order valence-electron chi connectivity index (χ1n) is 11.8. The second kappa shape index (κ2) is 8.13. The van der Waals surface area contributed by atoms with Crippen LogP contribution in [-0.4, -0.2) is 51.3 Å². The van der Waals surface area contributed by atoms with Crippen molar-refractivity contribution in [3.63, 3.8) is 0 Å². The summed E-state index contributed by atoms with van der Waals surface area (Å²) in [7, 11) is 0. The number of rotatable bonds is 4. The first-order chi connectivity index (χ1) is 16.9. The average Bonchev–Trinajstić information content (AvgIpc) is 3.55. The first-order valence-corrected chi connectivity index (χ1v) is 11.8. The SMILES string of the molecule is C[C@]1(C(=O)O)C[C@H](c2c(C3CCOCC3)n(-c3ccc(F)c(F)c3)c3cc4cn[nH]c4cc23)CO1. The van der Waals surface area contributed by atoms with Gasteiger partial charge in [0.2, 0.25) is 0 Å². The molecule has 2 fully saturated rings. The molecule has 182 valence electrons. The maximum Gasteiger partial charge on any atom is 0.335 e. The van der Waals surface area contributed by atoms with Crippen LogP contribution in [0.25, 0.3) is 27.5 Å². The topological polar surface area (TPSA) is 89.4 Å². The highest BCUT2D eigenvalue weighted by Crippen LogP contribution is 2.47. The maximum atomic E-state index is 14.4. The number of hydrogen-bond donors (Lipinski definition) is 2. The van der Waals surface area contributed by atoms with Crippen LogP contribution in [0.15, 0.2) is 36.5 Å². The van der Waals surface area contributed by atoms with Crippen molar-refractivity contribution in [2.45, 2.75) is 43.6 Å². The van der Waals surface area contributed by atoms with Gasteiger partial charge in [0.05, 0.1) is 23.8 Å². The molecule has 2 aromatic heterocycles. The van der Waals surface area contributed by atoms with E-state index in [2.05, 4.69) is 10.2 Å². The lowest BCUT2D eigenvalue weighted by Crippen LogP contribution is -2.34. The molecule has 0 bridgehead atoms. The lowest BCUT2D eigenvalue weighted by atomic mass is 9.84. The van der Waals surface area contributed by atoms with E-state index < -0.39 is 23.2 Å². The molecular weight excluding hydrogens is 456 g/mol. The number of halogens is 2. The Labute approximate surface area is 199 Å². The smallest absolute Gasteiger partial charge is 0.335 e. The van der Waals surface area contributed by atoms with E-state index in [4.69, 9.17) is 9.47 Å². The number of carboxylic acids is 1. The molecular formula is C26H25F2N3O4. The molecule has 0 aliphatic carbocycles. The predicted octanol–water partition coefficient (Wildman–Crippen LogP) is 5.03. The Hall–Kier alpha value is -3.30. The van der Waals surface area contributed by atoms with E-state index in [1.807, 2.05) is 16.7 Å². The van der Waals surface area contributed by atoms with Crippen LogP contribution < -0.4 is 0 Å². The largest absolute Gasteiger partial charge is 0.479 e. The molecule has 0 spiro atoms. The van der Waals surface area contributed by atoms with Crippen LogP contribution in [0.3, 0.4) is 0 Å². The Balaban J connectivity index is 1.67. The standard InChI is InChI=1S/C26H25F2N3O4/c1-26(25(32)33)11-16(13-35-26)23-18-10-21-15(12-29-30-21)8-22(18)31(17-2-3-19(27)20(28)9-17)24(23)14-4-6-34-7-5-14/h2-3,8-10,12,14,16H,4-7,11,13H2,1H3,(H,29,30)(H,32,33)/t16-,26+/m0/s1. The third-order valence-corrected chi connectivity index (χ3v) is 7.47. The van der Waals surface area contributed by atoms with Crippen LogP contribution in [0.4, 0.5) is 8.78 Å². The van der Waals surface area contributed by atoms with E-state index in [9.17, 15) is 18.7 Å². The summed E-state index contributed by atoms with van der Waals surface area (Å²) >= 11 is 0. The predicted molar refractivity (Wildman–Crippen MR) is 125 cm³/mol. The summed E-state index contributed by atoms with van der Waals surface area (Å²) in [6, 6.07) is 7.95. The fourth-order valence-corrected chi connectivity index (χ4v) is 5.68. The van der Waals surface area contributed by atoms with Crippen LogP contribution in [0, 0.1) is 11.6 Å². The Morgan fingerprint density at radius 3 is 2.69 bits per heavy atom. The number of aliphatic carboxylic acids is 1. The molecule has 0 radical (unpaired) electrons. The molecule has 2 N–H and O–H groups in total. The van der Waals surface area contributed by atoms with Gasteiger partial charge in [-0.2, -0.15) is 5.10 Å². The number of carbonyl (C=O) groups is 1. The van der Waals surface area contributed by atoms with Crippen LogP contribution in [-0.2, 0) is 14.3 Å². The molecule has 2 aliphatic rings. The van der Waals surface area contributed by atoms with Crippen molar-refractivity contribution in [3.8, 4) is 5.69 Å². The molecule has 6 rings (SSSR count). The normalized spacial score (nSPS) is 23.5. The number of fused-ring (bicyclic) bond motifs is 2. The number of aromatic amines is 1. The molecule has 0 amide bonds. The Morgan fingerprint density at radius 1 is 1.17 bits per heavy atom. The molecule has 9 heteroatoms. The number of carboxylic acid groups (broad SMARTS) is 1. The van der Waals surface area contributed by atoms with Gasteiger partial charge in [-0.3, -0.25) is 5.10 Å². The number of H-pyrrole nitrogens is 1. The van der Waals surface area contributed by atoms with E-state index in [1.54, 1.807) is 19.2 Å². The summed E-state index contributed by atoms with van der Waals surface area (Å²) in [5.41, 5.74) is 2.90. The lowest BCUT2D eigenvalue weighted by Gasteiger charge is -2.27. The number of hydrogen-bond acceptors (Lipinski definition) is 4. The fraction of sp³-hybridized carbons (Fsp3) is 0.385. The zero-order valence-electron chi connectivity index (χ0n) is 19.2. The van der Waals surface area contributed by atoms with Crippen LogP contribution in [0.2, 0.25) is 0 Å². The van der Waals surface area contributed by atoms with Crippen molar-refractivity contribution in [3.05, 3.63) is 59.4 Å². The van der Waals surface area contributed by atoms with Crippen molar-refractivity contribution in [1.82, 2.24) is 14.8 Å². The molecule has 0 unspecified atom stereocenters. The van der Waals surface area contributed by atoms with Gasteiger partial charge in [-0.05, 0) is 56.0 Å². The lowest BCUT2D eigenvalue weighted by molar-refractivity contribution is -0.157. The van der Waals surface area contributed by atoms with E-state index in [-0.39, 0.29) is 18.4 Å².